The van der Waals surface area contributed by atoms with E-state index in [0.717, 1.165) is 18.9 Å². The van der Waals surface area contributed by atoms with Crippen LogP contribution in [0.4, 0.5) is 4.39 Å². The van der Waals surface area contributed by atoms with Crippen molar-refractivity contribution in [2.45, 2.75) is 26.2 Å². The van der Waals surface area contributed by atoms with Gasteiger partial charge in [0.05, 0.1) is 6.67 Å². The molecule has 0 bridgehead atoms. The quantitative estimate of drug-likeness (QED) is 0.628. The molecule has 0 N–H and O–H groups in total. The van der Waals surface area contributed by atoms with Gasteiger partial charge in [0.2, 0.25) is 0 Å². The Bertz CT molecular complexity index is 165. The average molecular weight is 171 g/mol. The van der Waals surface area contributed by atoms with E-state index in [1.807, 2.05) is 0 Å². The molecule has 1 spiro atoms. The second-order valence-corrected chi connectivity index (χ2v) is 4.54. The molecule has 70 valence electrons. The molecule has 2 rings (SSSR count). The van der Waals surface area contributed by atoms with E-state index in [9.17, 15) is 4.39 Å². The van der Waals surface area contributed by atoms with Crippen LogP contribution in [0.1, 0.15) is 26.2 Å². The van der Waals surface area contributed by atoms with E-state index in [4.69, 9.17) is 0 Å². The molecule has 1 nitrogen and oxygen atoms in total. The van der Waals surface area contributed by atoms with Gasteiger partial charge in [0, 0.05) is 19.6 Å². The lowest BCUT2D eigenvalue weighted by Gasteiger charge is -2.13. The lowest BCUT2D eigenvalue weighted by molar-refractivity contribution is 0.297. The summed E-state index contributed by atoms with van der Waals surface area (Å²) in [6.07, 6.45) is 3.56. The van der Waals surface area contributed by atoms with Gasteiger partial charge in [-0.05, 0) is 30.6 Å². The summed E-state index contributed by atoms with van der Waals surface area (Å²) in [5, 5.41) is 0. The summed E-state index contributed by atoms with van der Waals surface area (Å²) in [6, 6.07) is 0. The zero-order chi connectivity index (χ0) is 8.60. The molecule has 2 fully saturated rings. The molecular formula is C10H18FN. The van der Waals surface area contributed by atoms with Crippen LogP contribution in [0.25, 0.3) is 0 Å². The number of hydrogen-bond acceptors (Lipinski definition) is 1. The van der Waals surface area contributed by atoms with E-state index in [0.29, 0.717) is 5.41 Å². The molecule has 1 atom stereocenters. The van der Waals surface area contributed by atoms with Crippen molar-refractivity contribution in [2.75, 3.05) is 26.3 Å². The van der Waals surface area contributed by atoms with Crippen LogP contribution in [0.5, 0.6) is 0 Å². The third-order valence-electron chi connectivity index (χ3n) is 3.62. The zero-order valence-electron chi connectivity index (χ0n) is 7.85. The van der Waals surface area contributed by atoms with E-state index in [1.165, 1.54) is 25.9 Å². The summed E-state index contributed by atoms with van der Waals surface area (Å²) in [7, 11) is 0. The van der Waals surface area contributed by atoms with Crippen molar-refractivity contribution >= 4 is 0 Å². The standard InChI is InChI=1S/C10H18FN/c1-9-7-12(6-2-5-11)8-10(9)3-4-10/h9H,2-8H2,1H3. The summed E-state index contributed by atoms with van der Waals surface area (Å²) in [5.41, 5.74) is 0.677. The fourth-order valence-corrected chi connectivity index (χ4v) is 2.51. The van der Waals surface area contributed by atoms with Crippen molar-refractivity contribution in [2.24, 2.45) is 11.3 Å². The van der Waals surface area contributed by atoms with Gasteiger partial charge < -0.3 is 4.90 Å². The van der Waals surface area contributed by atoms with Crippen LogP contribution in [-0.4, -0.2) is 31.2 Å². The summed E-state index contributed by atoms with van der Waals surface area (Å²) in [4.78, 5) is 2.44. The van der Waals surface area contributed by atoms with Gasteiger partial charge in [0.25, 0.3) is 0 Å². The summed E-state index contributed by atoms with van der Waals surface area (Å²) < 4.78 is 11.9. The molecule has 1 saturated carbocycles. The third kappa shape index (κ3) is 1.37. The molecule has 1 saturated heterocycles. The predicted octanol–water partition coefficient (Wildman–Crippen LogP) is 2.08. The minimum atomic E-state index is -0.155. The lowest BCUT2D eigenvalue weighted by atomic mass is 9.95. The van der Waals surface area contributed by atoms with Crippen LogP contribution in [-0.2, 0) is 0 Å². The van der Waals surface area contributed by atoms with E-state index < -0.39 is 0 Å². The van der Waals surface area contributed by atoms with Crippen LogP contribution in [0, 0.1) is 11.3 Å². The Labute approximate surface area is 73.9 Å². The molecule has 0 aromatic carbocycles. The van der Waals surface area contributed by atoms with Crippen LogP contribution < -0.4 is 0 Å². The van der Waals surface area contributed by atoms with Crippen LogP contribution in [0.15, 0.2) is 0 Å². The zero-order valence-corrected chi connectivity index (χ0v) is 7.85. The second-order valence-electron chi connectivity index (χ2n) is 4.54. The van der Waals surface area contributed by atoms with E-state index in [-0.39, 0.29) is 6.67 Å². The largest absolute Gasteiger partial charge is 0.302 e. The van der Waals surface area contributed by atoms with Crippen molar-refractivity contribution in [3.63, 3.8) is 0 Å². The Morgan fingerprint density at radius 1 is 1.50 bits per heavy atom. The normalized spacial score (nSPS) is 33.0. The number of likely N-dealkylation sites (tertiary alicyclic amines) is 1. The molecule has 0 aromatic heterocycles. The van der Waals surface area contributed by atoms with Crippen LogP contribution in [0.3, 0.4) is 0 Å². The Hall–Kier alpha value is -0.110. The highest BCUT2D eigenvalue weighted by Gasteiger charge is 2.52. The fourth-order valence-electron chi connectivity index (χ4n) is 2.51. The molecule has 2 heteroatoms. The minimum Gasteiger partial charge on any atom is -0.302 e. The van der Waals surface area contributed by atoms with Gasteiger partial charge in [-0.3, -0.25) is 4.39 Å². The van der Waals surface area contributed by atoms with Crippen LogP contribution >= 0.6 is 0 Å². The average Bonchev–Trinajstić information content (AvgIpc) is 2.74. The van der Waals surface area contributed by atoms with Gasteiger partial charge >= 0.3 is 0 Å². The minimum absolute atomic E-state index is 0.155. The van der Waals surface area contributed by atoms with E-state index >= 15 is 0 Å². The first-order valence-corrected chi connectivity index (χ1v) is 5.05. The number of hydrogen-bond donors (Lipinski definition) is 0. The molecule has 2 aliphatic rings. The maximum atomic E-state index is 11.9. The first-order chi connectivity index (χ1) is 5.77. The summed E-state index contributed by atoms with van der Waals surface area (Å²) >= 11 is 0. The highest BCUT2D eigenvalue weighted by molar-refractivity contribution is 5.04. The van der Waals surface area contributed by atoms with Gasteiger partial charge in [-0.25, -0.2) is 0 Å². The van der Waals surface area contributed by atoms with Gasteiger partial charge in [0.1, 0.15) is 0 Å². The topological polar surface area (TPSA) is 3.24 Å². The van der Waals surface area contributed by atoms with Crippen molar-refractivity contribution in [1.82, 2.24) is 4.90 Å². The molecule has 1 aliphatic heterocycles. The van der Waals surface area contributed by atoms with Crippen molar-refractivity contribution in [3.05, 3.63) is 0 Å². The number of halogens is 1. The van der Waals surface area contributed by atoms with E-state index in [1.54, 1.807) is 0 Å². The highest BCUT2D eigenvalue weighted by Crippen LogP contribution is 2.55. The first kappa shape index (κ1) is 8.49. The molecule has 0 radical (unpaired) electrons. The molecule has 1 aliphatic carbocycles. The van der Waals surface area contributed by atoms with Gasteiger partial charge in [-0.15, -0.1) is 0 Å². The predicted molar refractivity (Wildman–Crippen MR) is 47.9 cm³/mol. The Morgan fingerprint density at radius 3 is 2.75 bits per heavy atom. The first-order valence-electron chi connectivity index (χ1n) is 5.05. The van der Waals surface area contributed by atoms with Gasteiger partial charge in [-0.2, -0.15) is 0 Å². The molecule has 1 unspecified atom stereocenters. The molecule has 12 heavy (non-hydrogen) atoms. The summed E-state index contributed by atoms with van der Waals surface area (Å²) in [5.74, 6) is 0.858. The number of alkyl halides is 1. The van der Waals surface area contributed by atoms with Gasteiger partial charge in [0.15, 0.2) is 0 Å². The van der Waals surface area contributed by atoms with Crippen molar-refractivity contribution < 1.29 is 4.39 Å². The van der Waals surface area contributed by atoms with Crippen LogP contribution in [0.2, 0.25) is 0 Å². The molecular weight excluding hydrogens is 153 g/mol. The summed E-state index contributed by atoms with van der Waals surface area (Å²) in [6.45, 7) is 5.62. The fraction of sp³-hybridized carbons (Fsp3) is 1.00. The molecule has 1 heterocycles. The Balaban J connectivity index is 1.81. The maximum Gasteiger partial charge on any atom is 0.0906 e. The molecule has 0 amide bonds. The van der Waals surface area contributed by atoms with Gasteiger partial charge in [-0.1, -0.05) is 6.92 Å². The van der Waals surface area contributed by atoms with Crippen molar-refractivity contribution in [1.29, 1.82) is 0 Å². The SMILES string of the molecule is CC1CN(CCCF)CC12CC2. The Morgan fingerprint density at radius 2 is 2.25 bits per heavy atom. The number of rotatable bonds is 3. The van der Waals surface area contributed by atoms with E-state index in [2.05, 4.69) is 11.8 Å². The molecule has 0 aromatic rings. The number of nitrogens with zero attached hydrogens (tertiary/aromatic N) is 1. The van der Waals surface area contributed by atoms with Crippen molar-refractivity contribution in [3.8, 4) is 0 Å². The smallest absolute Gasteiger partial charge is 0.0906 e. The maximum absolute atomic E-state index is 11.9. The Kier molecular flexibility index (Phi) is 2.11. The monoisotopic (exact) mass is 171 g/mol. The second kappa shape index (κ2) is 2.99. The third-order valence-corrected chi connectivity index (χ3v) is 3.62. The highest BCUT2D eigenvalue weighted by atomic mass is 19.1. The lowest BCUT2D eigenvalue weighted by Crippen LogP contribution is -2.22.